The molecule has 0 heteroatoms. The Hall–Kier alpha value is -2.60. The van der Waals surface area contributed by atoms with Crippen LogP contribution in [0.3, 0.4) is 0 Å². The molecule has 0 bridgehead atoms. The zero-order valence-corrected chi connectivity index (χ0v) is 17.8. The van der Waals surface area contributed by atoms with E-state index in [9.17, 15) is 0 Å². The highest BCUT2D eigenvalue weighted by Crippen LogP contribution is 2.56. The van der Waals surface area contributed by atoms with E-state index in [1.165, 1.54) is 55.6 Å². The fourth-order valence-electron chi connectivity index (χ4n) is 5.39. The van der Waals surface area contributed by atoms with Crippen molar-refractivity contribution in [2.75, 3.05) is 0 Å². The van der Waals surface area contributed by atoms with Crippen LogP contribution in [0.1, 0.15) is 68.0 Å². The fourth-order valence-corrected chi connectivity index (χ4v) is 5.39. The van der Waals surface area contributed by atoms with Gasteiger partial charge in [0.25, 0.3) is 0 Å². The predicted molar refractivity (Wildman–Crippen MR) is 121 cm³/mol. The average molecular weight is 365 g/mol. The minimum atomic E-state index is 0.0227. The number of benzene rings is 3. The maximum absolute atomic E-state index is 2.49. The van der Waals surface area contributed by atoms with Crippen LogP contribution in [0, 0.1) is 6.92 Å². The van der Waals surface area contributed by atoms with Crippen molar-refractivity contribution in [2.24, 2.45) is 0 Å². The smallest absolute Gasteiger partial charge is 0.0159 e. The summed E-state index contributed by atoms with van der Waals surface area (Å²) in [5, 5.41) is 0. The second-order valence-corrected chi connectivity index (χ2v) is 9.55. The Bertz CT molecular complexity index is 1170. The molecule has 0 spiro atoms. The van der Waals surface area contributed by atoms with Gasteiger partial charge in [-0.2, -0.15) is 0 Å². The predicted octanol–water partition coefficient (Wildman–Crippen LogP) is 7.64. The summed E-state index contributed by atoms with van der Waals surface area (Å²) < 4.78 is 0. The summed E-state index contributed by atoms with van der Waals surface area (Å²) in [6.45, 7) is 13.8. The molecule has 28 heavy (non-hydrogen) atoms. The molecule has 0 saturated heterocycles. The maximum atomic E-state index is 2.49. The van der Waals surface area contributed by atoms with Crippen LogP contribution in [0.15, 0.2) is 54.6 Å². The Kier molecular flexibility index (Phi) is 3.42. The molecule has 3 aromatic rings. The second-order valence-electron chi connectivity index (χ2n) is 9.55. The van der Waals surface area contributed by atoms with E-state index in [1.807, 2.05) is 0 Å². The van der Waals surface area contributed by atoms with Crippen LogP contribution in [-0.2, 0) is 10.8 Å². The highest BCUT2D eigenvalue weighted by Gasteiger charge is 2.41. The van der Waals surface area contributed by atoms with E-state index in [1.54, 1.807) is 0 Å². The summed E-state index contributed by atoms with van der Waals surface area (Å²) in [6.07, 6.45) is 4.31. The Labute approximate surface area is 168 Å². The zero-order chi connectivity index (χ0) is 19.8. The van der Waals surface area contributed by atoms with Crippen LogP contribution < -0.4 is 0 Å². The van der Waals surface area contributed by atoms with Crippen LogP contribution in [0.25, 0.3) is 28.3 Å². The van der Waals surface area contributed by atoms with Crippen LogP contribution in [0.4, 0.5) is 0 Å². The van der Waals surface area contributed by atoms with Gasteiger partial charge in [-0.15, -0.1) is 0 Å². The topological polar surface area (TPSA) is 0 Å². The van der Waals surface area contributed by atoms with Crippen molar-refractivity contribution in [3.05, 3.63) is 88.0 Å². The average Bonchev–Trinajstić information content (AvgIpc) is 3.00. The maximum Gasteiger partial charge on any atom is 0.0159 e. The number of allylic oxidation sites excluding steroid dienone is 1. The largest absolute Gasteiger partial charge is 0.0871 e. The minimum absolute atomic E-state index is 0.0227. The van der Waals surface area contributed by atoms with Gasteiger partial charge in [-0.25, -0.2) is 0 Å². The van der Waals surface area contributed by atoms with Gasteiger partial charge in [-0.05, 0) is 76.1 Å². The standard InChI is InChI=1S/C28H28/c1-7-8-18-10-12-20-22-16-25-21(15-26(22)28(5,6)24(20)14-18)19-11-9-17(2)13-23(19)27(25,3)4/h7-16H,1-6H3/b8-7+. The fraction of sp³-hybridized carbons (Fsp3) is 0.286. The summed E-state index contributed by atoms with van der Waals surface area (Å²) in [5.74, 6) is 0. The first-order chi connectivity index (χ1) is 13.2. The number of hydrogen-bond donors (Lipinski definition) is 0. The second kappa shape index (κ2) is 5.47. The van der Waals surface area contributed by atoms with Gasteiger partial charge in [-0.1, -0.05) is 81.8 Å². The lowest BCUT2D eigenvalue weighted by atomic mass is 9.79. The summed E-state index contributed by atoms with van der Waals surface area (Å²) in [7, 11) is 0. The molecule has 0 aromatic heterocycles. The van der Waals surface area contributed by atoms with Crippen LogP contribution >= 0.6 is 0 Å². The quantitative estimate of drug-likeness (QED) is 0.416. The van der Waals surface area contributed by atoms with Gasteiger partial charge in [0.2, 0.25) is 0 Å². The third kappa shape index (κ3) is 2.12. The van der Waals surface area contributed by atoms with Crippen molar-refractivity contribution < 1.29 is 0 Å². The number of fused-ring (bicyclic) bond motifs is 6. The third-order valence-corrected chi connectivity index (χ3v) is 7.01. The van der Waals surface area contributed by atoms with Crippen LogP contribution in [0.2, 0.25) is 0 Å². The molecule has 3 aromatic carbocycles. The minimum Gasteiger partial charge on any atom is -0.0871 e. The third-order valence-electron chi connectivity index (χ3n) is 7.01. The van der Waals surface area contributed by atoms with Crippen molar-refractivity contribution >= 4 is 6.08 Å². The first kappa shape index (κ1) is 17.5. The number of hydrogen-bond acceptors (Lipinski definition) is 0. The molecule has 0 saturated carbocycles. The van der Waals surface area contributed by atoms with Crippen molar-refractivity contribution in [3.8, 4) is 22.3 Å². The Morgan fingerprint density at radius 2 is 1.11 bits per heavy atom. The molecular formula is C28H28. The molecule has 2 aliphatic carbocycles. The molecule has 0 unspecified atom stereocenters. The van der Waals surface area contributed by atoms with Gasteiger partial charge in [0.05, 0.1) is 0 Å². The summed E-state index contributed by atoms with van der Waals surface area (Å²) in [6, 6.07) is 18.9. The number of aryl methyl sites for hydroxylation is 1. The lowest BCUT2D eigenvalue weighted by Crippen LogP contribution is -2.17. The first-order valence-electron chi connectivity index (χ1n) is 10.3. The van der Waals surface area contributed by atoms with Gasteiger partial charge in [-0.3, -0.25) is 0 Å². The van der Waals surface area contributed by atoms with Crippen LogP contribution in [0.5, 0.6) is 0 Å². The van der Waals surface area contributed by atoms with Crippen LogP contribution in [-0.4, -0.2) is 0 Å². The van der Waals surface area contributed by atoms with Gasteiger partial charge < -0.3 is 0 Å². The first-order valence-corrected chi connectivity index (χ1v) is 10.3. The van der Waals surface area contributed by atoms with E-state index in [-0.39, 0.29) is 10.8 Å². The Balaban J connectivity index is 1.79. The Morgan fingerprint density at radius 3 is 1.68 bits per heavy atom. The van der Waals surface area contributed by atoms with Crippen molar-refractivity contribution in [1.29, 1.82) is 0 Å². The molecule has 140 valence electrons. The summed E-state index contributed by atoms with van der Waals surface area (Å²) in [4.78, 5) is 0. The lowest BCUT2D eigenvalue weighted by Gasteiger charge is -2.24. The van der Waals surface area contributed by atoms with Gasteiger partial charge >= 0.3 is 0 Å². The molecule has 0 heterocycles. The molecule has 0 N–H and O–H groups in total. The summed E-state index contributed by atoms with van der Waals surface area (Å²) >= 11 is 0. The molecule has 0 amide bonds. The monoisotopic (exact) mass is 364 g/mol. The highest BCUT2D eigenvalue weighted by atomic mass is 14.4. The Morgan fingerprint density at radius 1 is 0.607 bits per heavy atom. The van der Waals surface area contributed by atoms with Gasteiger partial charge in [0.15, 0.2) is 0 Å². The highest BCUT2D eigenvalue weighted by molar-refractivity contribution is 5.90. The van der Waals surface area contributed by atoms with Crippen molar-refractivity contribution in [2.45, 2.75) is 52.4 Å². The normalized spacial score (nSPS) is 17.4. The van der Waals surface area contributed by atoms with E-state index in [0.717, 1.165) is 0 Å². The van der Waals surface area contributed by atoms with Crippen molar-refractivity contribution in [1.82, 2.24) is 0 Å². The molecule has 0 aliphatic heterocycles. The van der Waals surface area contributed by atoms with E-state index >= 15 is 0 Å². The van der Waals surface area contributed by atoms with Gasteiger partial charge in [0, 0.05) is 10.8 Å². The zero-order valence-electron chi connectivity index (χ0n) is 17.8. The van der Waals surface area contributed by atoms with Crippen molar-refractivity contribution in [3.63, 3.8) is 0 Å². The van der Waals surface area contributed by atoms with E-state index in [4.69, 9.17) is 0 Å². The SMILES string of the molecule is C/C=C/c1ccc2c(c1)C(C)(C)c1cc3c(cc1-2)C(C)(C)c1cc(C)ccc1-3. The molecule has 0 nitrogen and oxygen atoms in total. The van der Waals surface area contributed by atoms with E-state index in [0.29, 0.717) is 0 Å². The number of rotatable bonds is 1. The molecular weight excluding hydrogens is 336 g/mol. The molecule has 5 rings (SSSR count). The lowest BCUT2D eigenvalue weighted by molar-refractivity contribution is 0.651. The van der Waals surface area contributed by atoms with E-state index in [2.05, 4.69) is 102 Å². The summed E-state index contributed by atoms with van der Waals surface area (Å²) in [5.41, 5.74) is 14.2. The molecule has 0 atom stereocenters. The molecule has 0 fully saturated rings. The molecule has 2 aliphatic rings. The molecule has 0 radical (unpaired) electrons. The van der Waals surface area contributed by atoms with E-state index < -0.39 is 0 Å². The van der Waals surface area contributed by atoms with Gasteiger partial charge in [0.1, 0.15) is 0 Å².